The lowest BCUT2D eigenvalue weighted by Gasteiger charge is -2.06. The van der Waals surface area contributed by atoms with Crippen molar-refractivity contribution in [2.24, 2.45) is 5.73 Å². The van der Waals surface area contributed by atoms with Gasteiger partial charge < -0.3 is 10.5 Å². The van der Waals surface area contributed by atoms with E-state index in [2.05, 4.69) is 0 Å². The Morgan fingerprint density at radius 2 is 1.55 bits per heavy atom. The van der Waals surface area contributed by atoms with Gasteiger partial charge in [-0.1, -0.05) is 0 Å². The predicted octanol–water partition coefficient (Wildman–Crippen LogP) is 0.726. The Labute approximate surface area is 109 Å². The summed E-state index contributed by atoms with van der Waals surface area (Å²) in [6.45, 7) is -0.626. The molecule has 0 atom stereocenters. The Morgan fingerprint density at radius 1 is 1.10 bits per heavy atom. The first-order valence-corrected chi connectivity index (χ1v) is 4.81. The summed E-state index contributed by atoms with van der Waals surface area (Å²) in [7, 11) is 0. The minimum atomic E-state index is -1.06. The maximum atomic E-state index is 10.8. The van der Waals surface area contributed by atoms with Gasteiger partial charge in [0.25, 0.3) is 11.4 Å². The number of amidine groups is 1. The second kappa shape index (κ2) is 5.55. The van der Waals surface area contributed by atoms with Crippen LogP contribution in [0.4, 0.5) is 17.1 Å². The zero-order chi connectivity index (χ0) is 15.4. The SMILES string of the molecule is N=C(N)COc1c([N+](=O)[O-])cc([N+](=O)[O-])cc1[N+](=O)[O-]. The lowest BCUT2D eigenvalue weighted by Crippen LogP contribution is -2.20. The van der Waals surface area contributed by atoms with E-state index in [1.54, 1.807) is 0 Å². The first-order valence-electron chi connectivity index (χ1n) is 4.81. The Balaban J connectivity index is 3.50. The second-order valence-electron chi connectivity index (χ2n) is 3.40. The van der Waals surface area contributed by atoms with Gasteiger partial charge in [0.05, 0.1) is 26.9 Å². The highest BCUT2D eigenvalue weighted by Crippen LogP contribution is 2.40. The number of rotatable bonds is 6. The van der Waals surface area contributed by atoms with Crippen LogP contribution >= 0.6 is 0 Å². The first kappa shape index (κ1) is 14.7. The summed E-state index contributed by atoms with van der Waals surface area (Å²) in [5.74, 6) is -1.31. The highest BCUT2D eigenvalue weighted by molar-refractivity contribution is 5.79. The number of nitrogens with zero attached hydrogens (tertiary/aromatic N) is 3. The molecule has 12 heteroatoms. The molecule has 1 aromatic carbocycles. The van der Waals surface area contributed by atoms with E-state index in [9.17, 15) is 30.3 Å². The first-order chi connectivity index (χ1) is 9.23. The molecule has 0 heterocycles. The third kappa shape index (κ3) is 3.12. The monoisotopic (exact) mass is 285 g/mol. The fourth-order valence-corrected chi connectivity index (χ4v) is 1.26. The van der Waals surface area contributed by atoms with Crippen molar-refractivity contribution in [2.75, 3.05) is 6.61 Å². The molecule has 0 aliphatic carbocycles. The second-order valence-corrected chi connectivity index (χ2v) is 3.40. The van der Waals surface area contributed by atoms with E-state index in [1.807, 2.05) is 0 Å². The van der Waals surface area contributed by atoms with Crippen molar-refractivity contribution in [2.45, 2.75) is 0 Å². The van der Waals surface area contributed by atoms with Gasteiger partial charge in [0, 0.05) is 0 Å². The molecule has 0 saturated carbocycles. The average molecular weight is 285 g/mol. The van der Waals surface area contributed by atoms with Gasteiger partial charge in [-0.05, 0) is 0 Å². The normalized spacial score (nSPS) is 9.80. The Hall–Kier alpha value is -3.31. The summed E-state index contributed by atoms with van der Waals surface area (Å²) < 4.78 is 4.73. The van der Waals surface area contributed by atoms with Crippen LogP contribution in [-0.2, 0) is 0 Å². The largest absolute Gasteiger partial charge is 0.474 e. The van der Waals surface area contributed by atoms with Crippen LogP contribution in [0.2, 0.25) is 0 Å². The molecule has 20 heavy (non-hydrogen) atoms. The Bertz CT molecular complexity index is 578. The molecule has 1 aromatic rings. The standard InChI is InChI=1S/C8H7N5O7/c9-7(10)3-20-8-5(12(16)17)1-4(11(14)15)2-6(8)13(18)19/h1-2H,3H2,(H3,9,10). The summed E-state index contributed by atoms with van der Waals surface area (Å²) in [4.78, 5) is 29.1. The van der Waals surface area contributed by atoms with Crippen molar-refractivity contribution >= 4 is 22.9 Å². The van der Waals surface area contributed by atoms with Crippen molar-refractivity contribution < 1.29 is 19.5 Å². The third-order valence-corrected chi connectivity index (χ3v) is 2.01. The topological polar surface area (TPSA) is 189 Å². The molecule has 12 nitrogen and oxygen atoms in total. The maximum Gasteiger partial charge on any atom is 0.325 e. The van der Waals surface area contributed by atoms with E-state index < -0.39 is 50.0 Å². The van der Waals surface area contributed by atoms with Crippen LogP contribution in [0.3, 0.4) is 0 Å². The van der Waals surface area contributed by atoms with Crippen molar-refractivity contribution in [3.8, 4) is 5.75 Å². The molecule has 0 radical (unpaired) electrons. The lowest BCUT2D eigenvalue weighted by atomic mass is 10.2. The van der Waals surface area contributed by atoms with Crippen LogP contribution < -0.4 is 10.5 Å². The third-order valence-electron chi connectivity index (χ3n) is 2.01. The van der Waals surface area contributed by atoms with E-state index in [4.69, 9.17) is 15.9 Å². The maximum absolute atomic E-state index is 10.8. The zero-order valence-electron chi connectivity index (χ0n) is 9.64. The van der Waals surface area contributed by atoms with Crippen molar-refractivity contribution in [3.63, 3.8) is 0 Å². The molecular weight excluding hydrogens is 278 g/mol. The molecular formula is C8H7N5O7. The van der Waals surface area contributed by atoms with Gasteiger partial charge in [0.15, 0.2) is 0 Å². The Kier molecular flexibility index (Phi) is 4.10. The number of non-ortho nitro benzene ring substituents is 1. The number of nitrogens with two attached hydrogens (primary N) is 1. The van der Waals surface area contributed by atoms with Crippen molar-refractivity contribution in [1.29, 1.82) is 5.41 Å². The van der Waals surface area contributed by atoms with Gasteiger partial charge in [0.1, 0.15) is 12.4 Å². The van der Waals surface area contributed by atoms with Crippen LogP contribution in [0.1, 0.15) is 0 Å². The molecule has 0 aromatic heterocycles. The molecule has 0 aliphatic heterocycles. The van der Waals surface area contributed by atoms with Gasteiger partial charge in [-0.15, -0.1) is 0 Å². The zero-order valence-corrected chi connectivity index (χ0v) is 9.64. The summed E-state index contributed by atoms with van der Waals surface area (Å²) >= 11 is 0. The molecule has 106 valence electrons. The van der Waals surface area contributed by atoms with Gasteiger partial charge in [-0.25, -0.2) is 0 Å². The fraction of sp³-hybridized carbons (Fsp3) is 0.125. The van der Waals surface area contributed by atoms with Gasteiger partial charge in [-0.3, -0.25) is 35.8 Å². The van der Waals surface area contributed by atoms with E-state index in [1.165, 1.54) is 0 Å². The number of ether oxygens (including phenoxy) is 1. The van der Waals surface area contributed by atoms with Crippen LogP contribution in [0.15, 0.2) is 12.1 Å². The highest BCUT2D eigenvalue weighted by Gasteiger charge is 2.32. The molecule has 0 aliphatic rings. The van der Waals surface area contributed by atoms with Crippen LogP contribution in [-0.4, -0.2) is 27.2 Å². The fourth-order valence-electron chi connectivity index (χ4n) is 1.26. The molecule has 0 amide bonds. The summed E-state index contributed by atoms with van der Waals surface area (Å²) in [5.41, 5.74) is 2.26. The van der Waals surface area contributed by atoms with E-state index in [-0.39, 0.29) is 0 Å². The van der Waals surface area contributed by atoms with Crippen LogP contribution in [0.25, 0.3) is 0 Å². The average Bonchev–Trinajstić information content (AvgIpc) is 2.34. The Morgan fingerprint density at radius 3 is 1.85 bits per heavy atom. The van der Waals surface area contributed by atoms with Crippen LogP contribution in [0, 0.1) is 35.8 Å². The van der Waals surface area contributed by atoms with Crippen LogP contribution in [0.5, 0.6) is 5.75 Å². The number of nitrogens with one attached hydrogen (secondary N) is 1. The molecule has 3 N–H and O–H groups in total. The van der Waals surface area contributed by atoms with E-state index in [0.29, 0.717) is 12.1 Å². The van der Waals surface area contributed by atoms with Crippen molar-refractivity contribution in [3.05, 3.63) is 42.5 Å². The number of nitro benzene ring substituents is 3. The molecule has 0 spiro atoms. The predicted molar refractivity (Wildman–Crippen MR) is 63.8 cm³/mol. The number of benzene rings is 1. The quantitative estimate of drug-likeness (QED) is 0.330. The number of hydrogen-bond donors (Lipinski definition) is 2. The molecule has 0 unspecified atom stereocenters. The van der Waals surface area contributed by atoms with Gasteiger partial charge in [-0.2, -0.15) is 0 Å². The summed E-state index contributed by atoms with van der Waals surface area (Å²) in [6.07, 6.45) is 0. The smallest absolute Gasteiger partial charge is 0.325 e. The van der Waals surface area contributed by atoms with Crippen molar-refractivity contribution in [1.82, 2.24) is 0 Å². The highest BCUT2D eigenvalue weighted by atomic mass is 16.6. The minimum Gasteiger partial charge on any atom is -0.474 e. The number of hydrogen-bond acceptors (Lipinski definition) is 8. The lowest BCUT2D eigenvalue weighted by molar-refractivity contribution is -0.404. The molecule has 0 bridgehead atoms. The molecule has 0 fully saturated rings. The van der Waals surface area contributed by atoms with Gasteiger partial charge >= 0.3 is 11.4 Å². The molecule has 0 saturated heterocycles. The van der Waals surface area contributed by atoms with Gasteiger partial charge in [0.2, 0.25) is 0 Å². The number of nitro groups is 3. The molecule has 1 rings (SSSR count). The summed E-state index contributed by atoms with van der Waals surface area (Å²) in [6, 6.07) is 1.06. The minimum absolute atomic E-state index is 0.521. The van der Waals surface area contributed by atoms with E-state index >= 15 is 0 Å². The summed E-state index contributed by atoms with van der Waals surface area (Å²) in [5, 5.41) is 39.1. The van der Waals surface area contributed by atoms with E-state index in [0.717, 1.165) is 0 Å².